The van der Waals surface area contributed by atoms with E-state index in [2.05, 4.69) is 0 Å². The normalized spacial score (nSPS) is 28.1. The summed E-state index contributed by atoms with van der Waals surface area (Å²) in [5.74, 6) is -0.848. The van der Waals surface area contributed by atoms with E-state index in [1.807, 2.05) is 20.8 Å². The number of ether oxygens (including phenoxy) is 1. The molecule has 2 rings (SSSR count). The maximum Gasteiger partial charge on any atom is 0.310 e. The van der Waals surface area contributed by atoms with Gasteiger partial charge in [0.2, 0.25) is 5.91 Å². The summed E-state index contributed by atoms with van der Waals surface area (Å²) in [5.41, 5.74) is -1.21. The fraction of sp³-hybridized carbons (Fsp3) is 0.875. The number of morpholine rings is 1. The maximum absolute atomic E-state index is 12.6. The first-order valence-electron chi connectivity index (χ1n) is 7.93. The van der Waals surface area contributed by atoms with Gasteiger partial charge in [-0.3, -0.25) is 9.59 Å². The van der Waals surface area contributed by atoms with Gasteiger partial charge in [0.25, 0.3) is 0 Å². The summed E-state index contributed by atoms with van der Waals surface area (Å²) in [6.07, 6.45) is 4.25. The van der Waals surface area contributed by atoms with Crippen LogP contribution in [0.2, 0.25) is 0 Å². The number of hydrogen-bond acceptors (Lipinski definition) is 3. The lowest BCUT2D eigenvalue weighted by Gasteiger charge is -2.43. The molecule has 1 unspecified atom stereocenters. The van der Waals surface area contributed by atoms with Crippen molar-refractivity contribution < 1.29 is 19.4 Å². The van der Waals surface area contributed by atoms with Crippen LogP contribution in [0.25, 0.3) is 0 Å². The predicted molar refractivity (Wildman–Crippen MR) is 79.0 cm³/mol. The number of rotatable bonds is 3. The lowest BCUT2D eigenvalue weighted by atomic mass is 9.71. The molecule has 0 radical (unpaired) electrons. The van der Waals surface area contributed by atoms with E-state index in [4.69, 9.17) is 4.74 Å². The number of carbonyl (C=O) groups excluding carboxylic acids is 1. The Kier molecular flexibility index (Phi) is 4.61. The monoisotopic (exact) mass is 297 g/mol. The molecule has 0 aromatic heterocycles. The van der Waals surface area contributed by atoms with Gasteiger partial charge in [-0.2, -0.15) is 0 Å². The van der Waals surface area contributed by atoms with Crippen LogP contribution in [0.15, 0.2) is 0 Å². The van der Waals surface area contributed by atoms with Gasteiger partial charge >= 0.3 is 5.97 Å². The Morgan fingerprint density at radius 2 is 1.86 bits per heavy atom. The summed E-state index contributed by atoms with van der Waals surface area (Å²) in [6.45, 7) is 6.98. The van der Waals surface area contributed by atoms with Crippen molar-refractivity contribution in [3.05, 3.63) is 0 Å². The lowest BCUT2D eigenvalue weighted by molar-refractivity contribution is -0.166. The molecule has 0 aromatic carbocycles. The van der Waals surface area contributed by atoms with E-state index < -0.39 is 11.4 Å². The third-order valence-electron chi connectivity index (χ3n) is 4.68. The zero-order valence-corrected chi connectivity index (χ0v) is 13.4. The van der Waals surface area contributed by atoms with Crippen LogP contribution in [0.3, 0.4) is 0 Å². The lowest BCUT2D eigenvalue weighted by Crippen LogP contribution is -2.55. The minimum atomic E-state index is -0.846. The highest BCUT2D eigenvalue weighted by Gasteiger charge is 2.43. The van der Waals surface area contributed by atoms with E-state index in [0.29, 0.717) is 25.9 Å². The quantitative estimate of drug-likeness (QED) is 0.869. The molecule has 1 N–H and O–H groups in total. The van der Waals surface area contributed by atoms with Gasteiger partial charge in [-0.25, -0.2) is 0 Å². The second kappa shape index (κ2) is 5.95. The Morgan fingerprint density at radius 1 is 1.24 bits per heavy atom. The summed E-state index contributed by atoms with van der Waals surface area (Å²) < 4.78 is 5.81. The number of hydrogen-bond donors (Lipinski definition) is 1. The van der Waals surface area contributed by atoms with Crippen molar-refractivity contribution in [2.24, 2.45) is 5.41 Å². The first-order chi connectivity index (χ1) is 9.74. The molecule has 120 valence electrons. The van der Waals surface area contributed by atoms with Gasteiger partial charge in [-0.05, 0) is 33.6 Å². The van der Waals surface area contributed by atoms with Gasteiger partial charge in [0.15, 0.2) is 0 Å². The van der Waals surface area contributed by atoms with Crippen LogP contribution in [0.5, 0.6) is 0 Å². The fourth-order valence-electron chi connectivity index (χ4n) is 3.74. The van der Waals surface area contributed by atoms with E-state index >= 15 is 0 Å². The van der Waals surface area contributed by atoms with E-state index in [-0.39, 0.29) is 24.0 Å². The first-order valence-corrected chi connectivity index (χ1v) is 7.93. The van der Waals surface area contributed by atoms with E-state index in [1.165, 1.54) is 0 Å². The molecular formula is C16H27NO4. The Labute approximate surface area is 126 Å². The summed E-state index contributed by atoms with van der Waals surface area (Å²) in [5, 5.41) is 9.60. The molecule has 21 heavy (non-hydrogen) atoms. The van der Waals surface area contributed by atoms with Crippen molar-refractivity contribution in [3.8, 4) is 0 Å². The molecule has 1 amide bonds. The molecule has 0 spiro atoms. The highest BCUT2D eigenvalue weighted by atomic mass is 16.5. The van der Waals surface area contributed by atoms with Crippen LogP contribution >= 0.6 is 0 Å². The highest BCUT2D eigenvalue weighted by molar-refractivity contribution is 5.85. The second-order valence-corrected chi connectivity index (χ2v) is 7.29. The molecule has 5 heteroatoms. The van der Waals surface area contributed by atoms with E-state index in [9.17, 15) is 14.7 Å². The predicted octanol–water partition coefficient (Wildman–Crippen LogP) is 2.44. The highest BCUT2D eigenvalue weighted by Crippen LogP contribution is 2.40. The number of carbonyl (C=O) groups is 2. The Balaban J connectivity index is 2.07. The van der Waals surface area contributed by atoms with Crippen LogP contribution in [0.1, 0.15) is 59.3 Å². The molecule has 2 aliphatic rings. The molecule has 1 atom stereocenters. The standard InChI is InChI=1S/C16H27NO4/c1-12-10-17(11-15(2,3)21-12)13(18)9-16(14(19)20)7-5-4-6-8-16/h12H,4-11H2,1-3H3,(H,19,20). The van der Waals surface area contributed by atoms with Crippen LogP contribution < -0.4 is 0 Å². The molecule has 0 aromatic rings. The molecule has 1 heterocycles. The van der Waals surface area contributed by atoms with E-state index in [0.717, 1.165) is 19.3 Å². The van der Waals surface area contributed by atoms with E-state index in [1.54, 1.807) is 4.90 Å². The number of amides is 1. The van der Waals surface area contributed by atoms with Gasteiger partial charge in [0, 0.05) is 19.5 Å². The number of carboxylic acid groups (broad SMARTS) is 1. The van der Waals surface area contributed by atoms with Crippen molar-refractivity contribution in [2.75, 3.05) is 13.1 Å². The van der Waals surface area contributed by atoms with Crippen molar-refractivity contribution in [2.45, 2.75) is 71.0 Å². The molecule has 2 fully saturated rings. The number of aliphatic carboxylic acids is 1. The largest absolute Gasteiger partial charge is 0.481 e. The van der Waals surface area contributed by atoms with Gasteiger partial charge in [0.05, 0.1) is 17.1 Å². The van der Waals surface area contributed by atoms with Crippen LogP contribution in [-0.2, 0) is 14.3 Å². The van der Waals surface area contributed by atoms with Gasteiger partial charge < -0.3 is 14.7 Å². The summed E-state index contributed by atoms with van der Waals surface area (Å²) in [6, 6.07) is 0. The van der Waals surface area contributed by atoms with Crippen LogP contribution in [0, 0.1) is 5.41 Å². The SMILES string of the molecule is CC1CN(C(=O)CC2(C(=O)O)CCCCC2)CC(C)(C)O1. The fourth-order valence-corrected chi connectivity index (χ4v) is 3.74. The topological polar surface area (TPSA) is 66.8 Å². The summed E-state index contributed by atoms with van der Waals surface area (Å²) >= 11 is 0. The minimum absolute atomic E-state index is 0.00941. The molecule has 1 aliphatic carbocycles. The van der Waals surface area contributed by atoms with Crippen molar-refractivity contribution in [3.63, 3.8) is 0 Å². The van der Waals surface area contributed by atoms with Gasteiger partial charge in [0.1, 0.15) is 0 Å². The number of carboxylic acids is 1. The zero-order valence-electron chi connectivity index (χ0n) is 13.4. The molecule has 1 aliphatic heterocycles. The molecule has 0 bridgehead atoms. The summed E-state index contributed by atoms with van der Waals surface area (Å²) in [7, 11) is 0. The maximum atomic E-state index is 12.6. The smallest absolute Gasteiger partial charge is 0.310 e. The average Bonchev–Trinajstić information content (AvgIpc) is 2.37. The van der Waals surface area contributed by atoms with Crippen molar-refractivity contribution in [1.82, 2.24) is 4.90 Å². The second-order valence-electron chi connectivity index (χ2n) is 7.29. The Hall–Kier alpha value is -1.10. The van der Waals surface area contributed by atoms with Crippen molar-refractivity contribution in [1.29, 1.82) is 0 Å². The zero-order chi connectivity index (χ0) is 15.7. The Morgan fingerprint density at radius 3 is 2.38 bits per heavy atom. The minimum Gasteiger partial charge on any atom is -0.481 e. The molecule has 1 saturated carbocycles. The van der Waals surface area contributed by atoms with Crippen LogP contribution in [-0.4, -0.2) is 46.7 Å². The van der Waals surface area contributed by atoms with Crippen LogP contribution in [0.4, 0.5) is 0 Å². The third-order valence-corrected chi connectivity index (χ3v) is 4.68. The third kappa shape index (κ3) is 3.76. The van der Waals surface area contributed by atoms with Gasteiger partial charge in [-0.1, -0.05) is 19.3 Å². The summed E-state index contributed by atoms with van der Waals surface area (Å²) in [4.78, 5) is 26.1. The average molecular weight is 297 g/mol. The van der Waals surface area contributed by atoms with Gasteiger partial charge in [-0.15, -0.1) is 0 Å². The molecule has 5 nitrogen and oxygen atoms in total. The first kappa shape index (κ1) is 16.3. The Bertz CT molecular complexity index is 413. The molecular weight excluding hydrogens is 270 g/mol. The van der Waals surface area contributed by atoms with Crippen molar-refractivity contribution >= 4 is 11.9 Å². The number of nitrogens with zero attached hydrogens (tertiary/aromatic N) is 1. The molecule has 1 saturated heterocycles.